The summed E-state index contributed by atoms with van der Waals surface area (Å²) in [6, 6.07) is 9.47. The van der Waals surface area contributed by atoms with Gasteiger partial charge in [0.25, 0.3) is 0 Å². The van der Waals surface area contributed by atoms with Crippen LogP contribution in [0.25, 0.3) is 11.1 Å². The molecule has 2 rings (SSSR count). The quantitative estimate of drug-likeness (QED) is 0.877. The molecule has 0 bridgehead atoms. The summed E-state index contributed by atoms with van der Waals surface area (Å²) in [5.74, 6) is -0.415. The van der Waals surface area contributed by atoms with Crippen LogP contribution in [-0.2, 0) is 9.84 Å². The molecule has 0 saturated carbocycles. The molecule has 0 amide bonds. The zero-order valence-corrected chi connectivity index (χ0v) is 12.2. The van der Waals surface area contributed by atoms with Crippen molar-refractivity contribution in [2.24, 2.45) is 0 Å². The van der Waals surface area contributed by atoms with Gasteiger partial charge in [0, 0.05) is 23.6 Å². The lowest BCUT2D eigenvalue weighted by Crippen LogP contribution is -2.17. The SMILES string of the molecule is CS(=O)(=O)c1ccc(-c2ccc(OC(F)(F)F)cc2N)cc1. The standard InChI is InChI=1S/C14H12F3NO3S/c1-22(19,20)11-5-2-9(3-6-11)12-7-4-10(8-13(12)18)21-14(15,16)17/h2-8H,18H2,1H3. The molecule has 0 unspecified atom stereocenters. The molecule has 0 aromatic heterocycles. The van der Waals surface area contributed by atoms with Crippen LogP contribution in [-0.4, -0.2) is 21.0 Å². The second-order valence-electron chi connectivity index (χ2n) is 4.59. The van der Waals surface area contributed by atoms with Gasteiger partial charge < -0.3 is 10.5 Å². The average Bonchev–Trinajstić information content (AvgIpc) is 2.36. The lowest BCUT2D eigenvalue weighted by Gasteiger charge is -2.12. The van der Waals surface area contributed by atoms with Gasteiger partial charge in [-0.25, -0.2) is 8.42 Å². The lowest BCUT2D eigenvalue weighted by molar-refractivity contribution is -0.274. The Kier molecular flexibility index (Phi) is 4.06. The molecule has 0 saturated heterocycles. The topological polar surface area (TPSA) is 69.4 Å². The molecule has 8 heteroatoms. The van der Waals surface area contributed by atoms with Crippen molar-refractivity contribution in [2.75, 3.05) is 12.0 Å². The van der Waals surface area contributed by atoms with Crippen molar-refractivity contribution in [3.8, 4) is 16.9 Å². The maximum Gasteiger partial charge on any atom is 0.573 e. The third kappa shape index (κ3) is 3.91. The largest absolute Gasteiger partial charge is 0.573 e. The van der Waals surface area contributed by atoms with E-state index in [1.165, 1.54) is 30.3 Å². The van der Waals surface area contributed by atoms with E-state index in [-0.39, 0.29) is 10.6 Å². The Balaban J connectivity index is 2.34. The van der Waals surface area contributed by atoms with E-state index in [9.17, 15) is 21.6 Å². The van der Waals surface area contributed by atoms with E-state index in [4.69, 9.17) is 5.73 Å². The lowest BCUT2D eigenvalue weighted by atomic mass is 10.0. The summed E-state index contributed by atoms with van der Waals surface area (Å²) in [5, 5.41) is 0. The number of anilines is 1. The predicted octanol–water partition coefficient (Wildman–Crippen LogP) is 3.24. The van der Waals surface area contributed by atoms with E-state index in [0.29, 0.717) is 11.1 Å². The Bertz CT molecular complexity index is 784. The van der Waals surface area contributed by atoms with Crippen molar-refractivity contribution in [3.63, 3.8) is 0 Å². The van der Waals surface area contributed by atoms with Crippen molar-refractivity contribution in [1.82, 2.24) is 0 Å². The first-order valence-corrected chi connectivity index (χ1v) is 7.91. The first kappa shape index (κ1) is 16.2. The highest BCUT2D eigenvalue weighted by molar-refractivity contribution is 7.90. The zero-order chi connectivity index (χ0) is 16.5. The molecule has 0 radical (unpaired) electrons. The fourth-order valence-electron chi connectivity index (χ4n) is 1.88. The number of sulfone groups is 1. The minimum atomic E-state index is -4.79. The van der Waals surface area contributed by atoms with E-state index >= 15 is 0 Å². The Morgan fingerprint density at radius 2 is 1.64 bits per heavy atom. The van der Waals surface area contributed by atoms with Crippen LogP contribution >= 0.6 is 0 Å². The molecule has 118 valence electrons. The van der Waals surface area contributed by atoms with Crippen molar-refractivity contribution in [1.29, 1.82) is 0 Å². The van der Waals surface area contributed by atoms with Crippen molar-refractivity contribution >= 4 is 15.5 Å². The molecule has 2 aromatic rings. The molecule has 0 aliphatic carbocycles. The Labute approximate surface area is 125 Å². The molecular weight excluding hydrogens is 319 g/mol. The molecular formula is C14H12F3NO3S. The fourth-order valence-corrected chi connectivity index (χ4v) is 2.51. The third-order valence-electron chi connectivity index (χ3n) is 2.85. The number of benzene rings is 2. The van der Waals surface area contributed by atoms with E-state index < -0.39 is 21.9 Å². The normalized spacial score (nSPS) is 12.2. The monoisotopic (exact) mass is 331 g/mol. The summed E-state index contributed by atoms with van der Waals surface area (Å²) in [7, 11) is -3.32. The number of alkyl halides is 3. The van der Waals surface area contributed by atoms with Gasteiger partial charge in [-0.05, 0) is 29.8 Å². The first-order chi connectivity index (χ1) is 10.1. The molecule has 22 heavy (non-hydrogen) atoms. The Hall–Kier alpha value is -2.22. The van der Waals surface area contributed by atoms with E-state index in [1.54, 1.807) is 0 Å². The Morgan fingerprint density at radius 1 is 1.05 bits per heavy atom. The highest BCUT2D eigenvalue weighted by Crippen LogP contribution is 2.32. The zero-order valence-electron chi connectivity index (χ0n) is 11.4. The van der Waals surface area contributed by atoms with Gasteiger partial charge in [0.15, 0.2) is 9.84 Å². The van der Waals surface area contributed by atoms with Gasteiger partial charge in [-0.2, -0.15) is 0 Å². The minimum absolute atomic E-state index is 0.0915. The van der Waals surface area contributed by atoms with Crippen LogP contribution < -0.4 is 10.5 Å². The maximum absolute atomic E-state index is 12.1. The molecule has 0 atom stereocenters. The highest BCUT2D eigenvalue weighted by atomic mass is 32.2. The first-order valence-electron chi connectivity index (χ1n) is 6.02. The van der Waals surface area contributed by atoms with Gasteiger partial charge in [0.2, 0.25) is 0 Å². The van der Waals surface area contributed by atoms with Gasteiger partial charge in [-0.15, -0.1) is 13.2 Å². The maximum atomic E-state index is 12.1. The average molecular weight is 331 g/mol. The van der Waals surface area contributed by atoms with Crippen LogP contribution in [0, 0.1) is 0 Å². The van der Waals surface area contributed by atoms with E-state index in [2.05, 4.69) is 4.74 Å². The molecule has 4 nitrogen and oxygen atoms in total. The predicted molar refractivity (Wildman–Crippen MR) is 76.1 cm³/mol. The number of rotatable bonds is 3. The molecule has 0 fully saturated rings. The third-order valence-corrected chi connectivity index (χ3v) is 3.98. The summed E-state index contributed by atoms with van der Waals surface area (Å²) in [6.07, 6.45) is -3.70. The molecule has 2 aromatic carbocycles. The van der Waals surface area contributed by atoms with Crippen molar-refractivity contribution in [3.05, 3.63) is 42.5 Å². The van der Waals surface area contributed by atoms with Gasteiger partial charge >= 0.3 is 6.36 Å². The molecule has 0 spiro atoms. The smallest absolute Gasteiger partial charge is 0.406 e. The summed E-state index contributed by atoms with van der Waals surface area (Å²) < 4.78 is 62.9. The second-order valence-corrected chi connectivity index (χ2v) is 6.61. The van der Waals surface area contributed by atoms with Gasteiger partial charge in [-0.1, -0.05) is 12.1 Å². The summed E-state index contributed by atoms with van der Waals surface area (Å²) >= 11 is 0. The number of hydrogen-bond donors (Lipinski definition) is 1. The van der Waals surface area contributed by atoms with Crippen LogP contribution in [0.3, 0.4) is 0 Å². The van der Waals surface area contributed by atoms with Crippen molar-refractivity contribution in [2.45, 2.75) is 11.3 Å². The van der Waals surface area contributed by atoms with Crippen LogP contribution in [0.15, 0.2) is 47.4 Å². The number of nitrogens with two attached hydrogens (primary N) is 1. The van der Waals surface area contributed by atoms with Crippen LogP contribution in [0.5, 0.6) is 5.75 Å². The minimum Gasteiger partial charge on any atom is -0.406 e. The van der Waals surface area contributed by atoms with Gasteiger partial charge in [0.1, 0.15) is 5.75 Å². The fraction of sp³-hybridized carbons (Fsp3) is 0.143. The summed E-state index contributed by atoms with van der Waals surface area (Å²) in [4.78, 5) is 0.145. The number of hydrogen-bond acceptors (Lipinski definition) is 4. The molecule has 2 N–H and O–H groups in total. The summed E-state index contributed by atoms with van der Waals surface area (Å²) in [5.41, 5.74) is 6.89. The summed E-state index contributed by atoms with van der Waals surface area (Å²) in [6.45, 7) is 0. The Morgan fingerprint density at radius 3 is 2.09 bits per heavy atom. The number of nitrogen functional groups attached to an aromatic ring is 1. The number of halogens is 3. The van der Waals surface area contributed by atoms with E-state index in [0.717, 1.165) is 18.4 Å². The van der Waals surface area contributed by atoms with Crippen LogP contribution in [0.4, 0.5) is 18.9 Å². The van der Waals surface area contributed by atoms with Crippen LogP contribution in [0.2, 0.25) is 0 Å². The second kappa shape index (κ2) is 5.53. The molecule has 0 heterocycles. The number of ether oxygens (including phenoxy) is 1. The molecule has 0 aliphatic rings. The van der Waals surface area contributed by atoms with Crippen LogP contribution in [0.1, 0.15) is 0 Å². The molecule has 0 aliphatic heterocycles. The van der Waals surface area contributed by atoms with E-state index in [1.807, 2.05) is 0 Å². The van der Waals surface area contributed by atoms with Crippen molar-refractivity contribution < 1.29 is 26.3 Å². The van der Waals surface area contributed by atoms with Gasteiger partial charge in [-0.3, -0.25) is 0 Å². The van der Waals surface area contributed by atoms with Gasteiger partial charge in [0.05, 0.1) is 4.90 Å². The highest BCUT2D eigenvalue weighted by Gasteiger charge is 2.31.